The number of aromatic nitrogens is 2. The molecule has 1 aliphatic rings. The van der Waals surface area contributed by atoms with Gasteiger partial charge in [-0.05, 0) is 43.5 Å². The van der Waals surface area contributed by atoms with Crippen molar-refractivity contribution in [1.82, 2.24) is 10.2 Å². The van der Waals surface area contributed by atoms with Gasteiger partial charge in [0.1, 0.15) is 5.75 Å². The third kappa shape index (κ3) is 1.88. The molecule has 0 fully saturated rings. The van der Waals surface area contributed by atoms with Crippen molar-refractivity contribution < 1.29 is 4.74 Å². The predicted octanol–water partition coefficient (Wildman–Crippen LogP) is 1.90. The first kappa shape index (κ1) is 11.3. The summed E-state index contributed by atoms with van der Waals surface area (Å²) in [7, 11) is 1.67. The quantitative estimate of drug-likeness (QED) is 0.846. The molecule has 0 saturated carbocycles. The summed E-state index contributed by atoms with van der Waals surface area (Å²) >= 11 is 0. The summed E-state index contributed by atoms with van der Waals surface area (Å²) in [4.78, 5) is 0. The Hall–Kier alpha value is -1.81. The highest BCUT2D eigenvalue weighted by atomic mass is 16.5. The van der Waals surface area contributed by atoms with Gasteiger partial charge in [-0.2, -0.15) is 5.10 Å². The summed E-state index contributed by atoms with van der Waals surface area (Å²) in [6, 6.07) is 8.25. The van der Waals surface area contributed by atoms with Crippen molar-refractivity contribution in [3.63, 3.8) is 0 Å². The minimum atomic E-state index is 0.257. The van der Waals surface area contributed by atoms with Gasteiger partial charge >= 0.3 is 0 Å². The lowest BCUT2D eigenvalue weighted by Crippen LogP contribution is -2.27. The number of rotatable bonds is 2. The average Bonchev–Trinajstić information content (AvgIpc) is 2.82. The number of hydrogen-bond donors (Lipinski definition) is 2. The molecule has 18 heavy (non-hydrogen) atoms. The van der Waals surface area contributed by atoms with Gasteiger partial charge in [0.15, 0.2) is 0 Å². The fraction of sp³-hybridized carbons (Fsp3) is 0.357. The van der Waals surface area contributed by atoms with Crippen LogP contribution in [0.15, 0.2) is 24.3 Å². The first-order valence-corrected chi connectivity index (χ1v) is 6.24. The van der Waals surface area contributed by atoms with Gasteiger partial charge in [0, 0.05) is 22.9 Å². The summed E-state index contributed by atoms with van der Waals surface area (Å²) in [5.74, 6) is 0.861. The second-order valence-electron chi connectivity index (χ2n) is 4.76. The molecular formula is C14H17N3O. The van der Waals surface area contributed by atoms with Gasteiger partial charge < -0.3 is 10.5 Å². The van der Waals surface area contributed by atoms with Gasteiger partial charge in [-0.1, -0.05) is 0 Å². The Morgan fingerprint density at radius 3 is 2.83 bits per heavy atom. The molecule has 0 amide bonds. The van der Waals surface area contributed by atoms with Gasteiger partial charge in [0.25, 0.3) is 0 Å². The number of ether oxygens (including phenoxy) is 1. The molecule has 4 heteroatoms. The zero-order valence-corrected chi connectivity index (χ0v) is 10.4. The predicted molar refractivity (Wildman–Crippen MR) is 70.6 cm³/mol. The number of aryl methyl sites for hydroxylation is 1. The van der Waals surface area contributed by atoms with Crippen LogP contribution in [-0.2, 0) is 12.8 Å². The Bertz CT molecular complexity index is 545. The molecule has 94 valence electrons. The van der Waals surface area contributed by atoms with E-state index in [4.69, 9.17) is 10.5 Å². The zero-order valence-electron chi connectivity index (χ0n) is 10.4. The second-order valence-corrected chi connectivity index (χ2v) is 4.76. The van der Waals surface area contributed by atoms with E-state index in [0.717, 1.165) is 36.3 Å². The van der Waals surface area contributed by atoms with Crippen molar-refractivity contribution in [3.8, 4) is 17.0 Å². The Balaban J connectivity index is 1.98. The molecule has 1 aliphatic carbocycles. The highest BCUT2D eigenvalue weighted by Gasteiger charge is 2.21. The van der Waals surface area contributed by atoms with Crippen molar-refractivity contribution in [1.29, 1.82) is 0 Å². The molecule has 0 bridgehead atoms. The zero-order chi connectivity index (χ0) is 12.5. The second kappa shape index (κ2) is 4.46. The van der Waals surface area contributed by atoms with Gasteiger partial charge in [0.2, 0.25) is 0 Å². The molecule has 1 atom stereocenters. The van der Waals surface area contributed by atoms with E-state index < -0.39 is 0 Å². The van der Waals surface area contributed by atoms with Crippen LogP contribution in [0.5, 0.6) is 5.75 Å². The van der Waals surface area contributed by atoms with Crippen LogP contribution in [0.3, 0.4) is 0 Å². The van der Waals surface area contributed by atoms with Crippen LogP contribution < -0.4 is 10.5 Å². The molecule has 1 aromatic heterocycles. The topological polar surface area (TPSA) is 63.9 Å². The molecule has 0 aliphatic heterocycles. The molecule has 0 saturated heterocycles. The van der Waals surface area contributed by atoms with Crippen LogP contribution in [-0.4, -0.2) is 23.3 Å². The Labute approximate surface area is 106 Å². The Morgan fingerprint density at radius 1 is 1.33 bits per heavy atom. The number of H-pyrrole nitrogens is 1. The first-order chi connectivity index (χ1) is 8.78. The van der Waals surface area contributed by atoms with Crippen molar-refractivity contribution in [3.05, 3.63) is 35.5 Å². The molecular weight excluding hydrogens is 226 g/mol. The summed E-state index contributed by atoms with van der Waals surface area (Å²) in [6.45, 7) is 0. The minimum Gasteiger partial charge on any atom is -0.497 e. The standard InChI is InChI=1S/C14H17N3O/c1-18-11-5-2-9(3-6-11)14-12-8-10(15)4-7-13(12)16-17-14/h2-3,5-6,10H,4,7-8,15H2,1H3,(H,16,17). The van der Waals surface area contributed by atoms with E-state index in [-0.39, 0.29) is 6.04 Å². The fourth-order valence-electron chi connectivity index (χ4n) is 2.51. The number of hydrogen-bond acceptors (Lipinski definition) is 3. The maximum absolute atomic E-state index is 6.04. The van der Waals surface area contributed by atoms with Crippen LogP contribution >= 0.6 is 0 Å². The molecule has 0 spiro atoms. The number of methoxy groups -OCH3 is 1. The smallest absolute Gasteiger partial charge is 0.118 e. The van der Waals surface area contributed by atoms with E-state index in [1.165, 1.54) is 11.3 Å². The highest BCUT2D eigenvalue weighted by Crippen LogP contribution is 2.29. The number of fused-ring (bicyclic) bond motifs is 1. The summed E-state index contributed by atoms with van der Waals surface area (Å²) in [5.41, 5.74) is 10.7. The van der Waals surface area contributed by atoms with Gasteiger partial charge in [-0.25, -0.2) is 0 Å². The van der Waals surface area contributed by atoms with Crippen LogP contribution in [0, 0.1) is 0 Å². The van der Waals surface area contributed by atoms with Crippen molar-refractivity contribution in [2.75, 3.05) is 7.11 Å². The molecule has 1 heterocycles. The number of benzene rings is 1. The maximum atomic E-state index is 6.04. The number of nitrogens with two attached hydrogens (primary N) is 1. The lowest BCUT2D eigenvalue weighted by Gasteiger charge is -2.18. The van der Waals surface area contributed by atoms with Gasteiger partial charge in [-0.15, -0.1) is 0 Å². The fourth-order valence-corrected chi connectivity index (χ4v) is 2.51. The number of nitrogens with one attached hydrogen (secondary N) is 1. The molecule has 3 rings (SSSR count). The van der Waals surface area contributed by atoms with Crippen molar-refractivity contribution in [2.45, 2.75) is 25.3 Å². The third-order valence-electron chi connectivity index (χ3n) is 3.55. The number of nitrogens with zero attached hydrogens (tertiary/aromatic N) is 1. The van der Waals surface area contributed by atoms with E-state index in [1.807, 2.05) is 24.3 Å². The van der Waals surface area contributed by atoms with E-state index in [1.54, 1.807) is 7.11 Å². The molecule has 2 aromatic rings. The lowest BCUT2D eigenvalue weighted by atomic mass is 9.90. The maximum Gasteiger partial charge on any atom is 0.118 e. The molecule has 1 aromatic carbocycles. The first-order valence-electron chi connectivity index (χ1n) is 6.24. The Morgan fingerprint density at radius 2 is 2.11 bits per heavy atom. The van der Waals surface area contributed by atoms with E-state index in [2.05, 4.69) is 10.2 Å². The monoisotopic (exact) mass is 243 g/mol. The van der Waals surface area contributed by atoms with Crippen molar-refractivity contribution in [2.24, 2.45) is 5.73 Å². The van der Waals surface area contributed by atoms with Crippen LogP contribution in [0.25, 0.3) is 11.3 Å². The Kier molecular flexibility index (Phi) is 2.80. The van der Waals surface area contributed by atoms with Crippen LogP contribution in [0.2, 0.25) is 0 Å². The molecule has 0 radical (unpaired) electrons. The number of aromatic amines is 1. The van der Waals surface area contributed by atoms with Crippen molar-refractivity contribution >= 4 is 0 Å². The average molecular weight is 243 g/mol. The molecule has 4 nitrogen and oxygen atoms in total. The van der Waals surface area contributed by atoms with E-state index in [0.29, 0.717) is 0 Å². The summed E-state index contributed by atoms with van der Waals surface area (Å²) in [6.07, 6.45) is 2.95. The molecule has 3 N–H and O–H groups in total. The SMILES string of the molecule is COc1ccc(-c2n[nH]c3c2CC(N)CC3)cc1. The van der Waals surface area contributed by atoms with E-state index in [9.17, 15) is 0 Å². The highest BCUT2D eigenvalue weighted by molar-refractivity contribution is 5.65. The van der Waals surface area contributed by atoms with Gasteiger partial charge in [0.05, 0.1) is 12.8 Å². The summed E-state index contributed by atoms with van der Waals surface area (Å²) < 4.78 is 5.17. The lowest BCUT2D eigenvalue weighted by molar-refractivity contribution is 0.415. The third-order valence-corrected chi connectivity index (χ3v) is 3.55. The van der Waals surface area contributed by atoms with Crippen LogP contribution in [0.4, 0.5) is 0 Å². The largest absolute Gasteiger partial charge is 0.497 e. The summed E-state index contributed by atoms with van der Waals surface area (Å²) in [5, 5.41) is 7.57. The van der Waals surface area contributed by atoms with E-state index >= 15 is 0 Å². The minimum absolute atomic E-state index is 0.257. The van der Waals surface area contributed by atoms with Crippen LogP contribution in [0.1, 0.15) is 17.7 Å². The normalized spacial score (nSPS) is 18.4. The molecule has 1 unspecified atom stereocenters. The van der Waals surface area contributed by atoms with Gasteiger partial charge in [-0.3, -0.25) is 5.10 Å².